The predicted octanol–water partition coefficient (Wildman–Crippen LogP) is 8.04. The number of rotatable bonds is 11. The van der Waals surface area contributed by atoms with Crippen molar-refractivity contribution in [1.82, 2.24) is 14.8 Å². The van der Waals surface area contributed by atoms with Crippen LogP contribution in [0, 0.1) is 24.0 Å². The van der Waals surface area contributed by atoms with E-state index in [4.69, 9.17) is 32.7 Å². The Hall–Kier alpha value is -2.79. The minimum atomic E-state index is -0.580. The first kappa shape index (κ1) is 29.2. The van der Waals surface area contributed by atoms with E-state index in [1.165, 1.54) is 11.8 Å². The van der Waals surface area contributed by atoms with Crippen LogP contribution in [0.3, 0.4) is 0 Å². The minimum absolute atomic E-state index is 0.181. The standard InChI is InChI=1S/C27H25BrCl2N4O4S/c1-4-37-24-12-19(11-22(28)26(24)38-15-18-7-8-20(29)13-23(18)30)25(14-33(35)36)39-27-32-31-17(3)34(27)21-9-5-16(2)6-10-21/h5-13,25H,4,14-15H2,1-3H3/t25-/m0/s1. The monoisotopic (exact) mass is 650 g/mol. The zero-order valence-electron chi connectivity index (χ0n) is 21.4. The van der Waals surface area contributed by atoms with Gasteiger partial charge in [-0.25, -0.2) is 0 Å². The van der Waals surface area contributed by atoms with Crippen molar-refractivity contribution in [2.24, 2.45) is 0 Å². The Morgan fingerprint density at radius 3 is 2.49 bits per heavy atom. The molecule has 0 fully saturated rings. The number of thioether (sulfide) groups is 1. The molecule has 0 radical (unpaired) electrons. The summed E-state index contributed by atoms with van der Waals surface area (Å²) < 4.78 is 14.5. The van der Waals surface area contributed by atoms with E-state index in [1.54, 1.807) is 24.3 Å². The van der Waals surface area contributed by atoms with Crippen LogP contribution in [0.4, 0.5) is 0 Å². The highest BCUT2D eigenvalue weighted by Gasteiger charge is 2.26. The van der Waals surface area contributed by atoms with E-state index in [0.29, 0.717) is 49.2 Å². The van der Waals surface area contributed by atoms with Gasteiger partial charge in [-0.15, -0.1) is 10.2 Å². The quantitative estimate of drug-likeness (QED) is 0.0920. The second kappa shape index (κ2) is 13.0. The maximum Gasteiger partial charge on any atom is 0.220 e. The Balaban J connectivity index is 1.67. The summed E-state index contributed by atoms with van der Waals surface area (Å²) in [4.78, 5) is 11.4. The SMILES string of the molecule is CCOc1cc([C@H](C[N+](=O)[O-])Sc2nnc(C)n2-c2ccc(C)cc2)cc(Br)c1OCc1ccc(Cl)cc1Cl. The fraction of sp³-hybridized carbons (Fsp3) is 0.259. The number of nitrogens with zero attached hydrogens (tertiary/aromatic N) is 4. The number of hydrogen-bond acceptors (Lipinski definition) is 7. The molecular weight excluding hydrogens is 627 g/mol. The van der Waals surface area contributed by atoms with E-state index in [2.05, 4.69) is 26.1 Å². The topological polar surface area (TPSA) is 92.3 Å². The Kier molecular flexibility index (Phi) is 9.76. The molecule has 204 valence electrons. The lowest BCUT2D eigenvalue weighted by molar-refractivity contribution is -0.479. The van der Waals surface area contributed by atoms with E-state index < -0.39 is 5.25 Å². The first-order valence-corrected chi connectivity index (χ1v) is 14.4. The molecule has 0 aliphatic rings. The number of aryl methyl sites for hydroxylation is 2. The summed E-state index contributed by atoms with van der Waals surface area (Å²) in [7, 11) is 0. The Morgan fingerprint density at radius 2 is 1.82 bits per heavy atom. The Bertz CT molecular complexity index is 1480. The summed E-state index contributed by atoms with van der Waals surface area (Å²) in [5.41, 5.74) is 3.44. The van der Waals surface area contributed by atoms with Crippen molar-refractivity contribution in [3.63, 3.8) is 0 Å². The van der Waals surface area contributed by atoms with Crippen molar-refractivity contribution in [2.45, 2.75) is 37.8 Å². The zero-order valence-corrected chi connectivity index (χ0v) is 25.3. The van der Waals surface area contributed by atoms with Gasteiger partial charge in [-0.05, 0) is 78.7 Å². The average molecular weight is 652 g/mol. The van der Waals surface area contributed by atoms with Gasteiger partial charge >= 0.3 is 0 Å². The van der Waals surface area contributed by atoms with Gasteiger partial charge in [0.2, 0.25) is 6.54 Å². The number of aromatic nitrogens is 3. The van der Waals surface area contributed by atoms with Crippen LogP contribution in [-0.2, 0) is 6.61 Å². The van der Waals surface area contributed by atoms with E-state index in [9.17, 15) is 10.1 Å². The lowest BCUT2D eigenvalue weighted by Gasteiger charge is -2.19. The second-order valence-electron chi connectivity index (χ2n) is 8.61. The smallest absolute Gasteiger partial charge is 0.220 e. The molecule has 0 unspecified atom stereocenters. The van der Waals surface area contributed by atoms with Gasteiger partial charge in [-0.3, -0.25) is 14.7 Å². The molecule has 12 heteroatoms. The van der Waals surface area contributed by atoms with Crippen LogP contribution in [0.25, 0.3) is 5.69 Å². The van der Waals surface area contributed by atoms with E-state index in [0.717, 1.165) is 16.8 Å². The maximum atomic E-state index is 11.7. The third kappa shape index (κ3) is 7.25. The average Bonchev–Trinajstić information content (AvgIpc) is 3.24. The van der Waals surface area contributed by atoms with Crippen LogP contribution >= 0.6 is 50.9 Å². The Labute approximate surface area is 248 Å². The molecule has 1 aromatic heterocycles. The molecule has 0 saturated heterocycles. The van der Waals surface area contributed by atoms with Gasteiger partial charge in [0.15, 0.2) is 16.7 Å². The molecule has 0 aliphatic carbocycles. The van der Waals surface area contributed by atoms with Gasteiger partial charge < -0.3 is 9.47 Å². The van der Waals surface area contributed by atoms with Gasteiger partial charge in [-0.1, -0.05) is 58.7 Å². The Morgan fingerprint density at radius 1 is 1.08 bits per heavy atom. The fourth-order valence-electron chi connectivity index (χ4n) is 3.85. The van der Waals surface area contributed by atoms with Gasteiger partial charge in [0.1, 0.15) is 17.7 Å². The molecule has 1 heterocycles. The number of ether oxygens (including phenoxy) is 2. The van der Waals surface area contributed by atoms with E-state index in [1.807, 2.05) is 55.7 Å². The predicted molar refractivity (Wildman–Crippen MR) is 157 cm³/mol. The molecule has 0 spiro atoms. The van der Waals surface area contributed by atoms with Gasteiger partial charge in [0.05, 0.1) is 11.1 Å². The molecule has 39 heavy (non-hydrogen) atoms. The molecule has 0 bridgehead atoms. The van der Waals surface area contributed by atoms with Crippen molar-refractivity contribution >= 4 is 50.9 Å². The van der Waals surface area contributed by atoms with Crippen molar-refractivity contribution in [1.29, 1.82) is 0 Å². The summed E-state index contributed by atoms with van der Waals surface area (Å²) in [6.07, 6.45) is 0. The third-order valence-electron chi connectivity index (χ3n) is 5.74. The summed E-state index contributed by atoms with van der Waals surface area (Å²) in [5, 5.41) is 21.3. The molecule has 0 amide bonds. The normalized spacial score (nSPS) is 11.8. The molecule has 8 nitrogen and oxygen atoms in total. The molecule has 1 atom stereocenters. The van der Waals surface area contributed by atoms with Crippen LogP contribution in [0.5, 0.6) is 11.5 Å². The van der Waals surface area contributed by atoms with Gasteiger partial charge in [-0.2, -0.15) is 0 Å². The molecule has 0 saturated carbocycles. The molecule has 4 rings (SSSR count). The van der Waals surface area contributed by atoms with Crippen molar-refractivity contribution in [3.8, 4) is 17.2 Å². The lowest BCUT2D eigenvalue weighted by Crippen LogP contribution is -2.12. The fourth-order valence-corrected chi connectivity index (χ4v) is 6.04. The molecular formula is C27H25BrCl2N4O4S. The van der Waals surface area contributed by atoms with Crippen molar-refractivity contribution < 1.29 is 14.4 Å². The molecule has 0 aliphatic heterocycles. The number of benzene rings is 3. The highest BCUT2D eigenvalue weighted by Crippen LogP contribution is 2.43. The first-order valence-electron chi connectivity index (χ1n) is 12.0. The van der Waals surface area contributed by atoms with Gasteiger partial charge in [0.25, 0.3) is 0 Å². The first-order chi connectivity index (χ1) is 18.7. The number of hydrogen-bond donors (Lipinski definition) is 0. The lowest BCUT2D eigenvalue weighted by atomic mass is 10.1. The summed E-state index contributed by atoms with van der Waals surface area (Å²) >= 11 is 17.2. The van der Waals surface area contributed by atoms with Crippen LogP contribution in [0.1, 0.15) is 34.7 Å². The van der Waals surface area contributed by atoms with E-state index in [-0.39, 0.29) is 18.1 Å². The summed E-state index contributed by atoms with van der Waals surface area (Å²) in [5.74, 6) is 1.61. The van der Waals surface area contributed by atoms with Crippen molar-refractivity contribution in [2.75, 3.05) is 13.2 Å². The van der Waals surface area contributed by atoms with Crippen LogP contribution in [-0.4, -0.2) is 32.8 Å². The number of nitro groups is 1. The molecule has 4 aromatic rings. The summed E-state index contributed by atoms with van der Waals surface area (Å²) in [6.45, 7) is 5.95. The van der Waals surface area contributed by atoms with Crippen LogP contribution < -0.4 is 9.47 Å². The van der Waals surface area contributed by atoms with Crippen molar-refractivity contribution in [3.05, 3.63) is 102 Å². The van der Waals surface area contributed by atoms with Crippen LogP contribution in [0.2, 0.25) is 10.0 Å². The maximum absolute atomic E-state index is 11.7. The molecule has 0 N–H and O–H groups in total. The highest BCUT2D eigenvalue weighted by molar-refractivity contribution is 9.10. The minimum Gasteiger partial charge on any atom is -0.490 e. The highest BCUT2D eigenvalue weighted by atomic mass is 79.9. The number of halogens is 3. The van der Waals surface area contributed by atoms with E-state index >= 15 is 0 Å². The third-order valence-corrected chi connectivity index (χ3v) is 8.10. The summed E-state index contributed by atoms with van der Waals surface area (Å²) in [6, 6.07) is 16.7. The van der Waals surface area contributed by atoms with Crippen LogP contribution in [0.15, 0.2) is 64.2 Å². The molecule has 3 aromatic carbocycles. The second-order valence-corrected chi connectivity index (χ2v) is 11.5. The van der Waals surface area contributed by atoms with Gasteiger partial charge in [0, 0.05) is 26.2 Å². The largest absolute Gasteiger partial charge is 0.490 e. The zero-order chi connectivity index (χ0) is 28.1.